The van der Waals surface area contributed by atoms with Gasteiger partial charge in [-0.2, -0.15) is 13.2 Å². The van der Waals surface area contributed by atoms with Gasteiger partial charge in [0.15, 0.2) is 5.92 Å². The van der Waals surface area contributed by atoms with Gasteiger partial charge in [-0.15, -0.1) is 0 Å². The Morgan fingerprint density at radius 1 is 1.00 bits per heavy atom. The highest BCUT2D eigenvalue weighted by atomic mass is 19.4. The van der Waals surface area contributed by atoms with Crippen LogP contribution < -0.4 is 10.6 Å². The minimum atomic E-state index is -4.95. The van der Waals surface area contributed by atoms with Gasteiger partial charge >= 0.3 is 18.2 Å². The Bertz CT molecular complexity index is 1060. The number of carboxylic acids is 1. The van der Waals surface area contributed by atoms with Crippen molar-refractivity contribution in [3.63, 3.8) is 0 Å². The van der Waals surface area contributed by atoms with Gasteiger partial charge < -0.3 is 20.5 Å². The van der Waals surface area contributed by atoms with Crippen LogP contribution in [0.2, 0.25) is 0 Å². The molecule has 2 aromatic carbocycles. The highest BCUT2D eigenvalue weighted by molar-refractivity contribution is 5.82. The Labute approximate surface area is 193 Å². The van der Waals surface area contributed by atoms with Crippen molar-refractivity contribution in [1.29, 1.82) is 0 Å². The monoisotopic (exact) mass is 476 g/mol. The van der Waals surface area contributed by atoms with Crippen LogP contribution in [0.1, 0.15) is 23.5 Å². The SMILES string of the molecule is O=C(NC[C@@H]1C[C@@H]1C(=O)NCC(C(=O)O)C(F)(F)F)OCC1c2ccccc2-c2ccccc21. The van der Waals surface area contributed by atoms with Crippen molar-refractivity contribution in [2.45, 2.75) is 18.5 Å². The molecule has 0 heterocycles. The highest BCUT2D eigenvalue weighted by Crippen LogP contribution is 2.44. The number of carbonyl (C=O) groups is 3. The Balaban J connectivity index is 1.22. The molecule has 180 valence electrons. The topological polar surface area (TPSA) is 105 Å². The molecule has 3 atom stereocenters. The summed E-state index contributed by atoms with van der Waals surface area (Å²) in [6.45, 7) is -0.750. The van der Waals surface area contributed by atoms with Gasteiger partial charge in [0, 0.05) is 24.9 Å². The molecule has 2 aromatic rings. The second-order valence-corrected chi connectivity index (χ2v) is 8.49. The van der Waals surface area contributed by atoms with Crippen molar-refractivity contribution >= 4 is 18.0 Å². The molecule has 0 spiro atoms. The zero-order valence-corrected chi connectivity index (χ0v) is 18.0. The number of nitrogens with one attached hydrogen (secondary N) is 2. The first kappa shape index (κ1) is 23.6. The first-order valence-corrected chi connectivity index (χ1v) is 10.8. The predicted molar refractivity (Wildman–Crippen MR) is 115 cm³/mol. The van der Waals surface area contributed by atoms with E-state index in [9.17, 15) is 27.6 Å². The van der Waals surface area contributed by atoms with Gasteiger partial charge in [0.2, 0.25) is 5.91 Å². The molecule has 1 fully saturated rings. The summed E-state index contributed by atoms with van der Waals surface area (Å²) in [5.41, 5.74) is 4.37. The molecule has 1 unspecified atom stereocenters. The molecular weight excluding hydrogens is 453 g/mol. The number of carbonyl (C=O) groups excluding carboxylic acids is 2. The molecule has 3 N–H and O–H groups in total. The summed E-state index contributed by atoms with van der Waals surface area (Å²) in [6, 6.07) is 15.8. The largest absolute Gasteiger partial charge is 0.481 e. The Kier molecular flexibility index (Phi) is 6.49. The fourth-order valence-electron chi connectivity index (χ4n) is 4.33. The molecular formula is C24H23F3N2O5. The third-order valence-electron chi connectivity index (χ3n) is 6.29. The smallest absolute Gasteiger partial charge is 0.407 e. The van der Waals surface area contributed by atoms with E-state index in [1.165, 1.54) is 0 Å². The molecule has 0 saturated heterocycles. The van der Waals surface area contributed by atoms with Crippen LogP contribution in [0, 0.1) is 17.8 Å². The lowest BCUT2D eigenvalue weighted by atomic mass is 9.98. The third-order valence-corrected chi connectivity index (χ3v) is 6.29. The fraction of sp³-hybridized carbons (Fsp3) is 0.375. The standard InChI is InChI=1S/C24H23F3N2O5/c25-24(26,27)20(22(31)32)11-28-21(30)18-9-13(18)10-29-23(33)34-12-19-16-7-3-1-5-14(16)15-6-2-4-8-17(15)19/h1-8,13,18-20H,9-12H2,(H,28,30)(H,29,33)(H,31,32)/t13-,18-,20?/m0/s1. The summed E-state index contributed by atoms with van der Waals surface area (Å²) in [6.07, 6.45) is -5.21. The number of amides is 2. The lowest BCUT2D eigenvalue weighted by molar-refractivity contribution is -0.192. The average Bonchev–Trinajstić information content (AvgIpc) is 3.50. The number of halogens is 3. The zero-order chi connectivity index (χ0) is 24.5. The zero-order valence-electron chi connectivity index (χ0n) is 18.0. The first-order chi connectivity index (χ1) is 16.2. The van der Waals surface area contributed by atoms with Crippen LogP contribution in [-0.4, -0.2) is 48.9 Å². The summed E-state index contributed by atoms with van der Waals surface area (Å²) >= 11 is 0. The number of benzene rings is 2. The molecule has 10 heteroatoms. The second-order valence-electron chi connectivity index (χ2n) is 8.49. The maximum absolute atomic E-state index is 12.7. The third kappa shape index (κ3) is 5.00. The van der Waals surface area contributed by atoms with Crippen molar-refractivity contribution < 1.29 is 37.4 Å². The van der Waals surface area contributed by atoms with E-state index in [1.54, 1.807) is 0 Å². The number of carboxylic acid groups (broad SMARTS) is 1. The average molecular weight is 476 g/mol. The molecule has 2 aliphatic rings. The van der Waals surface area contributed by atoms with E-state index in [1.807, 2.05) is 53.8 Å². The molecule has 0 aliphatic heterocycles. The molecule has 0 aromatic heterocycles. The number of ether oxygens (including phenoxy) is 1. The Morgan fingerprint density at radius 2 is 1.59 bits per heavy atom. The van der Waals surface area contributed by atoms with Gasteiger partial charge in [0.25, 0.3) is 0 Å². The number of aliphatic carboxylic acids is 1. The molecule has 34 heavy (non-hydrogen) atoms. The van der Waals surface area contributed by atoms with E-state index in [2.05, 4.69) is 5.32 Å². The molecule has 7 nitrogen and oxygen atoms in total. The van der Waals surface area contributed by atoms with Gasteiger partial charge in [0.1, 0.15) is 6.61 Å². The lowest BCUT2D eigenvalue weighted by Gasteiger charge is -2.16. The second kappa shape index (κ2) is 9.36. The number of hydrogen-bond donors (Lipinski definition) is 3. The van der Waals surface area contributed by atoms with Crippen molar-refractivity contribution in [3.05, 3.63) is 59.7 Å². The molecule has 1 saturated carbocycles. The normalized spacial score (nSPS) is 19.5. The quantitative estimate of drug-likeness (QED) is 0.541. The fourth-order valence-corrected chi connectivity index (χ4v) is 4.33. The molecule has 0 radical (unpaired) electrons. The van der Waals surface area contributed by atoms with Crippen molar-refractivity contribution in [2.24, 2.45) is 17.8 Å². The minimum absolute atomic E-state index is 0.0894. The van der Waals surface area contributed by atoms with Crippen LogP contribution >= 0.6 is 0 Å². The van der Waals surface area contributed by atoms with Crippen molar-refractivity contribution in [1.82, 2.24) is 10.6 Å². The van der Waals surface area contributed by atoms with Crippen LogP contribution in [0.3, 0.4) is 0 Å². The van der Waals surface area contributed by atoms with Gasteiger partial charge in [-0.05, 0) is 34.6 Å². The van der Waals surface area contributed by atoms with Gasteiger partial charge in [-0.3, -0.25) is 9.59 Å². The Hall–Kier alpha value is -3.56. The molecule has 2 aliphatic carbocycles. The summed E-state index contributed by atoms with van der Waals surface area (Å²) < 4.78 is 43.5. The van der Waals surface area contributed by atoms with E-state index in [4.69, 9.17) is 9.84 Å². The minimum Gasteiger partial charge on any atom is -0.481 e. The van der Waals surface area contributed by atoms with E-state index in [0.29, 0.717) is 6.42 Å². The summed E-state index contributed by atoms with van der Waals surface area (Å²) in [5, 5.41) is 13.3. The van der Waals surface area contributed by atoms with Crippen LogP contribution in [0.15, 0.2) is 48.5 Å². The van der Waals surface area contributed by atoms with E-state index in [0.717, 1.165) is 22.3 Å². The van der Waals surface area contributed by atoms with Crippen molar-refractivity contribution in [2.75, 3.05) is 19.7 Å². The van der Waals surface area contributed by atoms with E-state index in [-0.39, 0.29) is 25.0 Å². The predicted octanol–water partition coefficient (Wildman–Crippen LogP) is 3.54. The molecule has 2 amide bonds. The van der Waals surface area contributed by atoms with Gasteiger partial charge in [0.05, 0.1) is 0 Å². The van der Waals surface area contributed by atoms with E-state index < -0.39 is 42.5 Å². The number of rotatable bonds is 8. The number of alkyl halides is 3. The highest BCUT2D eigenvalue weighted by Gasteiger charge is 2.47. The summed E-state index contributed by atoms with van der Waals surface area (Å²) in [7, 11) is 0. The number of fused-ring (bicyclic) bond motifs is 3. The van der Waals surface area contributed by atoms with E-state index >= 15 is 0 Å². The molecule has 4 rings (SSSR count). The van der Waals surface area contributed by atoms with Gasteiger partial charge in [-0.1, -0.05) is 48.5 Å². The number of hydrogen-bond acceptors (Lipinski definition) is 4. The van der Waals surface area contributed by atoms with Crippen LogP contribution in [0.5, 0.6) is 0 Å². The van der Waals surface area contributed by atoms with Gasteiger partial charge in [-0.25, -0.2) is 4.79 Å². The number of alkyl carbamates (subject to hydrolysis) is 1. The Morgan fingerprint density at radius 3 is 2.15 bits per heavy atom. The van der Waals surface area contributed by atoms with Crippen molar-refractivity contribution in [3.8, 4) is 11.1 Å². The first-order valence-electron chi connectivity index (χ1n) is 10.8. The summed E-state index contributed by atoms with van der Waals surface area (Å²) in [5.74, 6) is -6.26. The van der Waals surface area contributed by atoms with Crippen LogP contribution in [-0.2, 0) is 14.3 Å². The maximum atomic E-state index is 12.7. The maximum Gasteiger partial charge on any atom is 0.407 e. The van der Waals surface area contributed by atoms with Crippen LogP contribution in [0.25, 0.3) is 11.1 Å². The van der Waals surface area contributed by atoms with Crippen LogP contribution in [0.4, 0.5) is 18.0 Å². The lowest BCUT2D eigenvalue weighted by Crippen LogP contribution is -2.41. The molecule has 0 bridgehead atoms. The summed E-state index contributed by atoms with van der Waals surface area (Å²) in [4.78, 5) is 35.0.